The molecule has 2 fully saturated rings. The van der Waals surface area contributed by atoms with Gasteiger partial charge < -0.3 is 15.0 Å². The van der Waals surface area contributed by atoms with Gasteiger partial charge in [-0.25, -0.2) is 0 Å². The molecule has 112 valence electrons. The number of likely N-dealkylation sites (N-methyl/N-ethyl adjacent to an activating group) is 1. The van der Waals surface area contributed by atoms with E-state index in [0.29, 0.717) is 18.3 Å². The zero-order chi connectivity index (χ0) is 14.0. The van der Waals surface area contributed by atoms with Crippen LogP contribution in [0.3, 0.4) is 0 Å². The van der Waals surface area contributed by atoms with Crippen LogP contribution in [-0.2, 0) is 11.2 Å². The van der Waals surface area contributed by atoms with Crippen molar-refractivity contribution >= 4 is 0 Å². The molecule has 3 rings (SSSR count). The molecular formula is C14H24N4O2. The molecule has 0 bridgehead atoms. The van der Waals surface area contributed by atoms with Gasteiger partial charge in [0.15, 0.2) is 0 Å². The molecule has 1 aliphatic heterocycles. The Morgan fingerprint density at radius 3 is 2.95 bits per heavy atom. The van der Waals surface area contributed by atoms with Crippen LogP contribution in [0.15, 0.2) is 4.52 Å². The highest BCUT2D eigenvalue weighted by molar-refractivity contribution is 5.00. The second-order valence-electron chi connectivity index (χ2n) is 6.03. The van der Waals surface area contributed by atoms with Crippen molar-refractivity contribution in [2.45, 2.75) is 38.7 Å². The van der Waals surface area contributed by atoms with Crippen LogP contribution >= 0.6 is 0 Å². The van der Waals surface area contributed by atoms with E-state index < -0.39 is 0 Å². The van der Waals surface area contributed by atoms with Crippen LogP contribution < -0.4 is 5.73 Å². The number of hydrogen-bond acceptors (Lipinski definition) is 6. The van der Waals surface area contributed by atoms with Gasteiger partial charge >= 0.3 is 0 Å². The Hall–Kier alpha value is -0.980. The second-order valence-corrected chi connectivity index (χ2v) is 6.03. The summed E-state index contributed by atoms with van der Waals surface area (Å²) in [5.41, 5.74) is 6.08. The van der Waals surface area contributed by atoms with Gasteiger partial charge in [0.1, 0.15) is 6.10 Å². The first kappa shape index (κ1) is 14.0. The quantitative estimate of drug-likeness (QED) is 0.871. The standard InChI is InChI=1S/C14H24N4O2/c1-2-18-6-7-19-11(9-18)13-16-12(20-17-13)8-14(10-15)4-3-5-14/h11H,2-10,15H2,1H3. The number of morpholine rings is 1. The molecule has 1 unspecified atom stereocenters. The third-order valence-corrected chi connectivity index (χ3v) is 4.74. The van der Waals surface area contributed by atoms with Crippen molar-refractivity contribution in [3.63, 3.8) is 0 Å². The van der Waals surface area contributed by atoms with E-state index in [1.165, 1.54) is 19.3 Å². The van der Waals surface area contributed by atoms with Crippen LogP contribution in [0, 0.1) is 5.41 Å². The average molecular weight is 280 g/mol. The van der Waals surface area contributed by atoms with Gasteiger partial charge in [-0.3, -0.25) is 4.90 Å². The predicted molar refractivity (Wildman–Crippen MR) is 74.1 cm³/mol. The minimum Gasteiger partial charge on any atom is -0.367 e. The maximum absolute atomic E-state index is 5.88. The Morgan fingerprint density at radius 1 is 1.45 bits per heavy atom. The largest absolute Gasteiger partial charge is 0.367 e. The average Bonchev–Trinajstić information content (AvgIpc) is 2.91. The maximum atomic E-state index is 5.88. The van der Waals surface area contributed by atoms with Gasteiger partial charge in [-0.15, -0.1) is 0 Å². The summed E-state index contributed by atoms with van der Waals surface area (Å²) in [6.45, 7) is 6.45. The second kappa shape index (κ2) is 5.79. The SMILES string of the molecule is CCN1CCOC(c2noc(CC3(CN)CCC3)n2)C1. The Morgan fingerprint density at radius 2 is 2.30 bits per heavy atom. The van der Waals surface area contributed by atoms with Crippen molar-refractivity contribution in [2.75, 3.05) is 32.8 Å². The minimum atomic E-state index is -0.0589. The van der Waals surface area contributed by atoms with Crippen molar-refractivity contribution in [2.24, 2.45) is 11.1 Å². The summed E-state index contributed by atoms with van der Waals surface area (Å²) >= 11 is 0. The van der Waals surface area contributed by atoms with E-state index in [0.717, 1.165) is 32.7 Å². The first-order valence-electron chi connectivity index (χ1n) is 7.61. The van der Waals surface area contributed by atoms with Crippen LogP contribution in [-0.4, -0.2) is 47.8 Å². The summed E-state index contributed by atoms with van der Waals surface area (Å²) in [5.74, 6) is 1.40. The summed E-state index contributed by atoms with van der Waals surface area (Å²) in [6.07, 6.45) is 4.35. The third kappa shape index (κ3) is 2.73. The molecule has 6 nitrogen and oxygen atoms in total. The molecule has 1 aromatic rings. The highest BCUT2D eigenvalue weighted by atomic mass is 16.5. The first-order chi connectivity index (χ1) is 9.74. The molecule has 1 atom stereocenters. The lowest BCUT2D eigenvalue weighted by atomic mass is 9.67. The molecule has 1 saturated heterocycles. The lowest BCUT2D eigenvalue weighted by molar-refractivity contribution is -0.0334. The van der Waals surface area contributed by atoms with Gasteiger partial charge in [0.25, 0.3) is 0 Å². The molecule has 2 N–H and O–H groups in total. The van der Waals surface area contributed by atoms with Gasteiger partial charge in [-0.05, 0) is 31.3 Å². The minimum absolute atomic E-state index is 0.0589. The predicted octanol–water partition coefficient (Wildman–Crippen LogP) is 1.13. The Bertz CT molecular complexity index is 439. The Kier molecular flexibility index (Phi) is 4.05. The summed E-state index contributed by atoms with van der Waals surface area (Å²) in [4.78, 5) is 6.88. The molecule has 1 saturated carbocycles. The van der Waals surface area contributed by atoms with Gasteiger partial charge in [-0.1, -0.05) is 18.5 Å². The van der Waals surface area contributed by atoms with E-state index in [1.54, 1.807) is 0 Å². The van der Waals surface area contributed by atoms with Gasteiger partial charge in [0.2, 0.25) is 11.7 Å². The summed E-state index contributed by atoms with van der Waals surface area (Å²) in [7, 11) is 0. The van der Waals surface area contributed by atoms with Crippen LogP contribution in [0.5, 0.6) is 0 Å². The lowest BCUT2D eigenvalue weighted by Crippen LogP contribution is -2.39. The number of hydrogen-bond donors (Lipinski definition) is 1. The smallest absolute Gasteiger partial charge is 0.227 e. The summed E-state index contributed by atoms with van der Waals surface area (Å²) < 4.78 is 11.2. The fourth-order valence-electron chi connectivity index (χ4n) is 3.07. The molecule has 0 amide bonds. The zero-order valence-electron chi connectivity index (χ0n) is 12.2. The van der Waals surface area contributed by atoms with Gasteiger partial charge in [-0.2, -0.15) is 4.98 Å². The molecule has 0 aromatic carbocycles. The topological polar surface area (TPSA) is 77.4 Å². The Balaban J connectivity index is 1.64. The van der Waals surface area contributed by atoms with Crippen molar-refractivity contribution < 1.29 is 9.26 Å². The third-order valence-electron chi connectivity index (χ3n) is 4.74. The maximum Gasteiger partial charge on any atom is 0.227 e. The number of rotatable bonds is 5. The molecule has 0 radical (unpaired) electrons. The van der Waals surface area contributed by atoms with Crippen molar-refractivity contribution in [1.82, 2.24) is 15.0 Å². The molecule has 2 heterocycles. The Labute approximate surface area is 119 Å². The van der Waals surface area contributed by atoms with Crippen molar-refractivity contribution in [3.05, 3.63) is 11.7 Å². The van der Waals surface area contributed by atoms with E-state index in [1.807, 2.05) is 0 Å². The van der Waals surface area contributed by atoms with E-state index in [4.69, 9.17) is 15.0 Å². The normalized spacial score (nSPS) is 26.4. The van der Waals surface area contributed by atoms with Gasteiger partial charge in [0, 0.05) is 19.5 Å². The van der Waals surface area contributed by atoms with Gasteiger partial charge in [0.05, 0.1) is 6.61 Å². The fourth-order valence-corrected chi connectivity index (χ4v) is 3.07. The van der Waals surface area contributed by atoms with Crippen molar-refractivity contribution in [3.8, 4) is 0 Å². The molecule has 2 aliphatic rings. The lowest BCUT2D eigenvalue weighted by Gasteiger charge is -2.39. The summed E-state index contributed by atoms with van der Waals surface area (Å²) in [6, 6.07) is 0. The van der Waals surface area contributed by atoms with E-state index >= 15 is 0 Å². The highest BCUT2D eigenvalue weighted by Crippen LogP contribution is 2.42. The highest BCUT2D eigenvalue weighted by Gasteiger charge is 2.37. The molecule has 20 heavy (non-hydrogen) atoms. The van der Waals surface area contributed by atoms with Crippen LogP contribution in [0.1, 0.15) is 44.0 Å². The zero-order valence-corrected chi connectivity index (χ0v) is 12.2. The fraction of sp³-hybridized carbons (Fsp3) is 0.857. The summed E-state index contributed by atoms with van der Waals surface area (Å²) in [5, 5.41) is 4.11. The number of nitrogens with zero attached hydrogens (tertiary/aromatic N) is 3. The molecular weight excluding hydrogens is 256 g/mol. The molecule has 1 aliphatic carbocycles. The number of ether oxygens (including phenoxy) is 1. The molecule has 1 aromatic heterocycles. The van der Waals surface area contributed by atoms with Crippen LogP contribution in [0.2, 0.25) is 0 Å². The van der Waals surface area contributed by atoms with Crippen molar-refractivity contribution in [1.29, 1.82) is 0 Å². The van der Waals surface area contributed by atoms with E-state index in [-0.39, 0.29) is 11.5 Å². The van der Waals surface area contributed by atoms with Crippen LogP contribution in [0.25, 0.3) is 0 Å². The number of aromatic nitrogens is 2. The molecule has 0 spiro atoms. The monoisotopic (exact) mass is 280 g/mol. The number of nitrogens with two attached hydrogens (primary N) is 1. The first-order valence-corrected chi connectivity index (χ1v) is 7.61. The van der Waals surface area contributed by atoms with Crippen LogP contribution in [0.4, 0.5) is 0 Å². The van der Waals surface area contributed by atoms with E-state index in [9.17, 15) is 0 Å². The molecule has 6 heteroatoms. The van der Waals surface area contributed by atoms with E-state index in [2.05, 4.69) is 22.0 Å².